The first-order chi connectivity index (χ1) is 8.67. The number of carbonyl (C=O) groups is 1. The lowest BCUT2D eigenvalue weighted by Gasteiger charge is -2.04. The summed E-state index contributed by atoms with van der Waals surface area (Å²) in [4.78, 5) is 11.6. The molecule has 1 aromatic carbocycles. The summed E-state index contributed by atoms with van der Waals surface area (Å²) in [6.07, 6.45) is 6.28. The lowest BCUT2D eigenvalue weighted by atomic mass is 10.0. The largest absolute Gasteiger partial charge is 0.497 e. The van der Waals surface area contributed by atoms with Crippen LogP contribution in [0.3, 0.4) is 0 Å². The third-order valence-corrected chi connectivity index (χ3v) is 2.96. The smallest absolute Gasteiger partial charge is 0.155 e. The molecule has 0 heterocycles. The minimum absolute atomic E-state index is 0.168. The van der Waals surface area contributed by atoms with Crippen LogP contribution in [0.2, 0.25) is 0 Å². The number of carbonyl (C=O) groups excluding carboxylic acids is 1. The van der Waals surface area contributed by atoms with Crippen LogP contribution in [0.25, 0.3) is 6.08 Å². The van der Waals surface area contributed by atoms with Crippen LogP contribution in [0, 0.1) is 0 Å². The molecule has 0 aliphatic carbocycles. The van der Waals surface area contributed by atoms with Gasteiger partial charge >= 0.3 is 0 Å². The average molecular weight is 246 g/mol. The number of benzene rings is 1. The summed E-state index contributed by atoms with van der Waals surface area (Å²) >= 11 is 0. The molecule has 1 aromatic rings. The number of hydrogen-bond acceptors (Lipinski definition) is 2. The predicted molar refractivity (Wildman–Crippen MR) is 75.8 cm³/mol. The van der Waals surface area contributed by atoms with Crippen LogP contribution in [0.4, 0.5) is 0 Å². The number of allylic oxidation sites excluding steroid dienone is 1. The van der Waals surface area contributed by atoms with E-state index in [4.69, 9.17) is 4.74 Å². The molecule has 0 aliphatic rings. The zero-order valence-corrected chi connectivity index (χ0v) is 11.5. The first kappa shape index (κ1) is 14.5. The third kappa shape index (κ3) is 4.74. The Morgan fingerprint density at radius 1 is 1.22 bits per heavy atom. The summed E-state index contributed by atoms with van der Waals surface area (Å²) in [5.74, 6) is 1.00. The van der Waals surface area contributed by atoms with Crippen molar-refractivity contribution < 1.29 is 9.53 Å². The molecular formula is C16H22O2. The summed E-state index contributed by atoms with van der Waals surface area (Å²) in [5.41, 5.74) is 1.96. The molecule has 0 aliphatic heterocycles. The van der Waals surface area contributed by atoms with Crippen molar-refractivity contribution in [1.29, 1.82) is 0 Å². The van der Waals surface area contributed by atoms with Crippen LogP contribution in [0.15, 0.2) is 29.8 Å². The van der Waals surface area contributed by atoms with E-state index in [9.17, 15) is 4.79 Å². The third-order valence-electron chi connectivity index (χ3n) is 2.96. The van der Waals surface area contributed by atoms with Crippen molar-refractivity contribution in [3.63, 3.8) is 0 Å². The molecule has 98 valence electrons. The van der Waals surface area contributed by atoms with Crippen molar-refractivity contribution in [2.24, 2.45) is 0 Å². The van der Waals surface area contributed by atoms with Gasteiger partial charge in [0.05, 0.1) is 7.11 Å². The second kappa shape index (κ2) is 7.70. The van der Waals surface area contributed by atoms with Gasteiger partial charge in [0, 0.05) is 0 Å². The van der Waals surface area contributed by atoms with E-state index < -0.39 is 0 Å². The highest BCUT2D eigenvalue weighted by atomic mass is 16.5. The molecule has 0 N–H and O–H groups in total. The Morgan fingerprint density at radius 2 is 1.89 bits per heavy atom. The van der Waals surface area contributed by atoms with Crippen molar-refractivity contribution in [3.8, 4) is 5.75 Å². The highest BCUT2D eigenvalue weighted by Gasteiger charge is 2.04. The Balaban J connectivity index is 2.76. The second-order valence-corrected chi connectivity index (χ2v) is 4.46. The fourth-order valence-corrected chi connectivity index (χ4v) is 1.82. The molecular weight excluding hydrogens is 224 g/mol. The van der Waals surface area contributed by atoms with E-state index in [1.807, 2.05) is 30.3 Å². The van der Waals surface area contributed by atoms with Crippen LogP contribution in [-0.2, 0) is 4.79 Å². The first-order valence-corrected chi connectivity index (χ1v) is 6.53. The van der Waals surface area contributed by atoms with Crippen LogP contribution in [0.1, 0.15) is 45.1 Å². The highest BCUT2D eigenvalue weighted by molar-refractivity contribution is 5.97. The topological polar surface area (TPSA) is 26.3 Å². The molecule has 0 spiro atoms. The van der Waals surface area contributed by atoms with Crippen LogP contribution in [0.5, 0.6) is 5.75 Å². The van der Waals surface area contributed by atoms with Crippen LogP contribution in [-0.4, -0.2) is 12.9 Å². The SMILES string of the molecule is CCCCC/C(=C\c1ccc(OC)cc1)C(C)=O. The van der Waals surface area contributed by atoms with Gasteiger partial charge in [0.2, 0.25) is 0 Å². The maximum atomic E-state index is 11.6. The Hall–Kier alpha value is -1.57. The first-order valence-electron chi connectivity index (χ1n) is 6.53. The van der Waals surface area contributed by atoms with Gasteiger partial charge in [-0.1, -0.05) is 31.9 Å². The van der Waals surface area contributed by atoms with E-state index in [0.717, 1.165) is 29.7 Å². The van der Waals surface area contributed by atoms with E-state index in [0.29, 0.717) is 0 Å². The Bertz CT molecular complexity index is 402. The van der Waals surface area contributed by atoms with Gasteiger partial charge in [-0.05, 0) is 49.1 Å². The molecule has 0 unspecified atom stereocenters. The summed E-state index contributed by atoms with van der Waals surface area (Å²) in [5, 5.41) is 0. The number of hydrogen-bond donors (Lipinski definition) is 0. The minimum Gasteiger partial charge on any atom is -0.497 e. The standard InChI is InChI=1S/C16H22O2/c1-4-5-6-7-15(13(2)17)12-14-8-10-16(18-3)11-9-14/h8-12H,4-7H2,1-3H3/b15-12+. The van der Waals surface area contributed by atoms with E-state index >= 15 is 0 Å². The lowest BCUT2D eigenvalue weighted by Crippen LogP contribution is -1.96. The summed E-state index contributed by atoms with van der Waals surface area (Å²) in [6, 6.07) is 7.77. The predicted octanol–water partition coefficient (Wildman–Crippen LogP) is 4.25. The maximum absolute atomic E-state index is 11.6. The summed E-state index contributed by atoms with van der Waals surface area (Å²) < 4.78 is 5.11. The molecule has 18 heavy (non-hydrogen) atoms. The number of Topliss-reactive ketones (excluding diaryl/α,β-unsaturated/α-hetero) is 1. The fourth-order valence-electron chi connectivity index (χ4n) is 1.82. The molecule has 0 saturated carbocycles. The maximum Gasteiger partial charge on any atom is 0.155 e. The molecule has 0 atom stereocenters. The quantitative estimate of drug-likeness (QED) is 0.531. The number of ketones is 1. The van der Waals surface area contributed by atoms with E-state index in [2.05, 4.69) is 6.92 Å². The molecule has 2 nitrogen and oxygen atoms in total. The fraction of sp³-hybridized carbons (Fsp3) is 0.438. The molecule has 1 rings (SSSR count). The minimum atomic E-state index is 0.168. The van der Waals surface area contributed by atoms with Gasteiger partial charge < -0.3 is 4.74 Å². The number of unbranched alkanes of at least 4 members (excludes halogenated alkanes) is 2. The number of ether oxygens (including phenoxy) is 1. The van der Waals surface area contributed by atoms with Gasteiger partial charge in [0.15, 0.2) is 5.78 Å². The second-order valence-electron chi connectivity index (χ2n) is 4.46. The molecule has 0 aromatic heterocycles. The van der Waals surface area contributed by atoms with Crippen molar-refractivity contribution in [2.45, 2.75) is 39.5 Å². The Morgan fingerprint density at radius 3 is 2.39 bits per heavy atom. The lowest BCUT2D eigenvalue weighted by molar-refractivity contribution is -0.113. The molecule has 0 amide bonds. The van der Waals surface area contributed by atoms with Gasteiger partial charge in [-0.2, -0.15) is 0 Å². The normalized spacial score (nSPS) is 11.4. The van der Waals surface area contributed by atoms with Crippen molar-refractivity contribution in [3.05, 3.63) is 35.4 Å². The van der Waals surface area contributed by atoms with Crippen LogP contribution >= 0.6 is 0 Å². The highest BCUT2D eigenvalue weighted by Crippen LogP contribution is 2.17. The van der Waals surface area contributed by atoms with E-state index in [1.165, 1.54) is 12.8 Å². The monoisotopic (exact) mass is 246 g/mol. The summed E-state index contributed by atoms with van der Waals surface area (Å²) in [6.45, 7) is 3.81. The Kier molecular flexibility index (Phi) is 6.20. The molecule has 0 radical (unpaired) electrons. The van der Waals surface area contributed by atoms with Crippen molar-refractivity contribution in [2.75, 3.05) is 7.11 Å². The number of rotatable bonds is 7. The van der Waals surface area contributed by atoms with E-state index in [1.54, 1.807) is 14.0 Å². The zero-order chi connectivity index (χ0) is 13.4. The van der Waals surface area contributed by atoms with Crippen LogP contribution < -0.4 is 4.74 Å². The van der Waals surface area contributed by atoms with Crippen molar-refractivity contribution >= 4 is 11.9 Å². The number of methoxy groups -OCH3 is 1. The molecule has 0 saturated heterocycles. The molecule has 0 bridgehead atoms. The van der Waals surface area contributed by atoms with Crippen molar-refractivity contribution in [1.82, 2.24) is 0 Å². The molecule has 2 heteroatoms. The van der Waals surface area contributed by atoms with Gasteiger partial charge in [0.25, 0.3) is 0 Å². The zero-order valence-electron chi connectivity index (χ0n) is 11.5. The van der Waals surface area contributed by atoms with E-state index in [-0.39, 0.29) is 5.78 Å². The van der Waals surface area contributed by atoms with Gasteiger partial charge in [0.1, 0.15) is 5.75 Å². The van der Waals surface area contributed by atoms with Gasteiger partial charge in [-0.15, -0.1) is 0 Å². The molecule has 0 fully saturated rings. The average Bonchev–Trinajstić information content (AvgIpc) is 2.38. The van der Waals surface area contributed by atoms with Gasteiger partial charge in [-0.25, -0.2) is 0 Å². The van der Waals surface area contributed by atoms with Gasteiger partial charge in [-0.3, -0.25) is 4.79 Å². The Labute approximate surface area is 110 Å². The summed E-state index contributed by atoms with van der Waals surface area (Å²) in [7, 11) is 1.65.